The fraction of sp³-hybridized carbons (Fsp3) is 0.294. The Balaban J connectivity index is 2.13. The Morgan fingerprint density at radius 3 is 2.78 bits per heavy atom. The molecule has 0 amide bonds. The zero-order valence-electron chi connectivity index (χ0n) is 12.8. The van der Waals surface area contributed by atoms with E-state index in [0.717, 1.165) is 36.1 Å². The summed E-state index contributed by atoms with van der Waals surface area (Å²) in [5.41, 5.74) is 8.73. The summed E-state index contributed by atoms with van der Waals surface area (Å²) in [6.07, 6.45) is 2.84. The molecule has 0 fully saturated rings. The number of benzene rings is 1. The van der Waals surface area contributed by atoms with Crippen LogP contribution in [0.4, 0.5) is 4.39 Å². The van der Waals surface area contributed by atoms with Crippen LogP contribution >= 0.6 is 0 Å². The molecule has 2 aromatic rings. The number of ether oxygens (including phenoxy) is 1. The number of allylic oxidation sites excluding steroid dienone is 1. The number of nitriles is 1. The number of aromatic nitrogens is 2. The molecule has 5 nitrogen and oxygen atoms in total. The van der Waals surface area contributed by atoms with Gasteiger partial charge in [0.2, 0.25) is 11.8 Å². The van der Waals surface area contributed by atoms with Crippen molar-refractivity contribution in [1.29, 1.82) is 5.26 Å². The van der Waals surface area contributed by atoms with Crippen LogP contribution in [0.15, 0.2) is 35.7 Å². The van der Waals surface area contributed by atoms with Gasteiger partial charge < -0.3 is 10.5 Å². The van der Waals surface area contributed by atoms with Crippen LogP contribution in [0.1, 0.15) is 42.5 Å². The minimum absolute atomic E-state index is 0.0443. The third-order valence-electron chi connectivity index (χ3n) is 4.00. The average Bonchev–Trinajstić information content (AvgIpc) is 2.95. The minimum Gasteiger partial charge on any atom is -0.420 e. The number of aryl methyl sites for hydroxylation is 1. The second-order valence-corrected chi connectivity index (χ2v) is 5.50. The molecule has 0 aliphatic carbocycles. The Bertz CT molecular complexity index is 786. The summed E-state index contributed by atoms with van der Waals surface area (Å²) in [5, 5.41) is 16.7. The molecule has 0 spiro atoms. The standard InChI is InChI=1S/C17H17FN4O/c1-2-3-4-13-15-14(10-5-7-11(18)8-6-10)12(9-19)16(20)23-17(15)22-21-13/h5-8,14H,2-4,20H2,1H3,(H,21,22)/t14-/m1/s1. The van der Waals surface area contributed by atoms with Crippen molar-refractivity contribution in [3.63, 3.8) is 0 Å². The number of unbranched alkanes of at least 4 members (excludes halogenated alkanes) is 1. The van der Waals surface area contributed by atoms with E-state index in [-0.39, 0.29) is 11.7 Å². The first kappa shape index (κ1) is 15.1. The van der Waals surface area contributed by atoms with Crippen LogP contribution in [0.25, 0.3) is 0 Å². The van der Waals surface area contributed by atoms with Crippen LogP contribution in [0.3, 0.4) is 0 Å². The molecule has 1 atom stereocenters. The van der Waals surface area contributed by atoms with E-state index in [9.17, 15) is 9.65 Å². The van der Waals surface area contributed by atoms with Crippen molar-refractivity contribution in [2.24, 2.45) is 5.73 Å². The maximum absolute atomic E-state index is 13.2. The van der Waals surface area contributed by atoms with Crippen molar-refractivity contribution in [2.45, 2.75) is 32.1 Å². The van der Waals surface area contributed by atoms with Gasteiger partial charge in [-0.25, -0.2) is 4.39 Å². The lowest BCUT2D eigenvalue weighted by Crippen LogP contribution is -2.21. The van der Waals surface area contributed by atoms with Crippen LogP contribution in [0.5, 0.6) is 5.88 Å². The van der Waals surface area contributed by atoms with Gasteiger partial charge in [0, 0.05) is 11.3 Å². The quantitative estimate of drug-likeness (QED) is 0.908. The predicted octanol–water partition coefficient (Wildman–Crippen LogP) is 3.11. The van der Waals surface area contributed by atoms with E-state index in [2.05, 4.69) is 23.2 Å². The van der Waals surface area contributed by atoms with Gasteiger partial charge in [-0.15, -0.1) is 5.10 Å². The molecule has 0 bridgehead atoms. The van der Waals surface area contributed by atoms with E-state index in [1.54, 1.807) is 12.1 Å². The zero-order valence-corrected chi connectivity index (χ0v) is 12.8. The molecule has 3 N–H and O–H groups in total. The van der Waals surface area contributed by atoms with Gasteiger partial charge in [0.05, 0.1) is 5.92 Å². The van der Waals surface area contributed by atoms with E-state index in [0.29, 0.717) is 11.5 Å². The fourth-order valence-electron chi connectivity index (χ4n) is 2.84. The monoisotopic (exact) mass is 312 g/mol. The first-order valence-corrected chi connectivity index (χ1v) is 7.55. The molecule has 1 aliphatic heterocycles. The Hall–Kier alpha value is -2.81. The highest BCUT2D eigenvalue weighted by molar-refractivity contribution is 5.55. The average molecular weight is 312 g/mol. The normalized spacial score (nSPS) is 16.7. The number of hydrogen-bond acceptors (Lipinski definition) is 4. The number of nitrogens with one attached hydrogen (secondary N) is 1. The Labute approximate surface area is 133 Å². The van der Waals surface area contributed by atoms with Gasteiger partial charge in [0.15, 0.2) is 0 Å². The highest BCUT2D eigenvalue weighted by atomic mass is 19.1. The van der Waals surface area contributed by atoms with E-state index in [1.807, 2.05) is 0 Å². The van der Waals surface area contributed by atoms with Gasteiger partial charge >= 0.3 is 0 Å². The van der Waals surface area contributed by atoms with Crippen molar-refractivity contribution in [3.8, 4) is 11.9 Å². The van der Waals surface area contributed by atoms with Gasteiger partial charge in [0.1, 0.15) is 17.5 Å². The largest absolute Gasteiger partial charge is 0.420 e. The number of nitrogens with two attached hydrogens (primary N) is 1. The number of H-pyrrole nitrogens is 1. The molecular weight excluding hydrogens is 295 g/mol. The molecule has 23 heavy (non-hydrogen) atoms. The first-order chi connectivity index (χ1) is 11.2. The van der Waals surface area contributed by atoms with Crippen molar-refractivity contribution in [3.05, 3.63) is 58.4 Å². The molecular formula is C17H17FN4O. The SMILES string of the molecule is CCCCc1[nH]nc2c1[C@H](c1ccc(F)cc1)C(C#N)=C(N)O2. The summed E-state index contributed by atoms with van der Waals surface area (Å²) < 4.78 is 18.7. The highest BCUT2D eigenvalue weighted by Gasteiger charge is 2.34. The molecule has 2 heterocycles. The molecule has 3 rings (SSSR count). The third kappa shape index (κ3) is 2.66. The topological polar surface area (TPSA) is 87.7 Å². The Morgan fingerprint density at radius 1 is 1.39 bits per heavy atom. The first-order valence-electron chi connectivity index (χ1n) is 7.55. The molecule has 1 aromatic heterocycles. The van der Waals surface area contributed by atoms with E-state index in [1.165, 1.54) is 12.1 Å². The number of nitrogens with zero attached hydrogens (tertiary/aromatic N) is 2. The third-order valence-corrected chi connectivity index (χ3v) is 4.00. The zero-order chi connectivity index (χ0) is 16.4. The van der Waals surface area contributed by atoms with Crippen molar-refractivity contribution < 1.29 is 9.13 Å². The molecule has 0 saturated heterocycles. The molecule has 1 aliphatic rings. The summed E-state index contributed by atoms with van der Waals surface area (Å²) in [4.78, 5) is 0. The lowest BCUT2D eigenvalue weighted by molar-refractivity contribution is 0.378. The Kier molecular flexibility index (Phi) is 4.02. The molecule has 6 heteroatoms. The van der Waals surface area contributed by atoms with Crippen molar-refractivity contribution in [2.75, 3.05) is 0 Å². The number of hydrogen-bond donors (Lipinski definition) is 2. The van der Waals surface area contributed by atoms with Crippen LogP contribution < -0.4 is 10.5 Å². The van der Waals surface area contributed by atoms with Crippen LogP contribution in [-0.2, 0) is 6.42 Å². The lowest BCUT2D eigenvalue weighted by Gasteiger charge is -2.24. The Morgan fingerprint density at radius 2 is 2.13 bits per heavy atom. The maximum Gasteiger partial charge on any atom is 0.244 e. The van der Waals surface area contributed by atoms with Crippen molar-refractivity contribution in [1.82, 2.24) is 10.2 Å². The van der Waals surface area contributed by atoms with Gasteiger partial charge in [-0.05, 0) is 30.5 Å². The van der Waals surface area contributed by atoms with Crippen LogP contribution in [0.2, 0.25) is 0 Å². The fourth-order valence-corrected chi connectivity index (χ4v) is 2.84. The predicted molar refractivity (Wildman–Crippen MR) is 82.9 cm³/mol. The van der Waals surface area contributed by atoms with Crippen LogP contribution in [0, 0.1) is 17.1 Å². The summed E-state index contributed by atoms with van der Waals surface area (Å²) in [7, 11) is 0. The van der Waals surface area contributed by atoms with Crippen LogP contribution in [-0.4, -0.2) is 10.2 Å². The minimum atomic E-state index is -0.394. The maximum atomic E-state index is 13.2. The van der Waals surface area contributed by atoms with Gasteiger partial charge in [-0.2, -0.15) is 5.26 Å². The molecule has 0 unspecified atom stereocenters. The van der Waals surface area contributed by atoms with Crippen molar-refractivity contribution >= 4 is 0 Å². The molecule has 1 aromatic carbocycles. The van der Waals surface area contributed by atoms with Gasteiger partial charge in [-0.3, -0.25) is 5.10 Å². The van der Waals surface area contributed by atoms with Gasteiger partial charge in [0.25, 0.3) is 0 Å². The number of halogens is 1. The smallest absolute Gasteiger partial charge is 0.244 e. The number of fused-ring (bicyclic) bond motifs is 1. The molecule has 118 valence electrons. The second-order valence-electron chi connectivity index (χ2n) is 5.50. The molecule has 0 saturated carbocycles. The van der Waals surface area contributed by atoms with Gasteiger partial charge in [-0.1, -0.05) is 25.5 Å². The summed E-state index contributed by atoms with van der Waals surface area (Å²) in [6, 6.07) is 8.20. The lowest BCUT2D eigenvalue weighted by atomic mass is 9.83. The molecule has 0 radical (unpaired) electrons. The highest BCUT2D eigenvalue weighted by Crippen LogP contribution is 2.43. The van der Waals surface area contributed by atoms with E-state index in [4.69, 9.17) is 10.5 Å². The summed E-state index contributed by atoms with van der Waals surface area (Å²) >= 11 is 0. The number of aromatic amines is 1. The summed E-state index contributed by atoms with van der Waals surface area (Å²) in [6.45, 7) is 2.11. The number of rotatable bonds is 4. The second kappa shape index (κ2) is 6.13. The van der Waals surface area contributed by atoms with E-state index >= 15 is 0 Å². The summed E-state index contributed by atoms with van der Waals surface area (Å²) in [5.74, 6) is -0.283. The van der Waals surface area contributed by atoms with E-state index < -0.39 is 5.92 Å².